The second kappa shape index (κ2) is 12.3. The van der Waals surface area contributed by atoms with Crippen LogP contribution in [0.4, 0.5) is 0 Å². The number of halogens is 1. The lowest BCUT2D eigenvalue weighted by Crippen LogP contribution is -2.56. The van der Waals surface area contributed by atoms with Crippen molar-refractivity contribution in [3.63, 3.8) is 0 Å². The maximum atomic E-state index is 12.1. The SMILES string of the molecule is CCNC(=NCCCNC(=O)c1cccc(O)c1)NC1CC2CCCC(C1)N2C.I. The maximum Gasteiger partial charge on any atom is 0.251 e. The molecular formula is C22H36IN5O2. The van der Waals surface area contributed by atoms with Crippen LogP contribution in [0.25, 0.3) is 0 Å². The number of benzene rings is 1. The Bertz CT molecular complexity index is 701. The van der Waals surface area contributed by atoms with Crippen molar-refractivity contribution < 1.29 is 9.90 Å². The third-order valence-electron chi connectivity index (χ3n) is 6.02. The van der Waals surface area contributed by atoms with Gasteiger partial charge in [-0.25, -0.2) is 0 Å². The lowest BCUT2D eigenvalue weighted by Gasteiger charge is -2.47. The molecule has 2 heterocycles. The predicted octanol–water partition coefficient (Wildman–Crippen LogP) is 2.70. The Kier molecular flexibility index (Phi) is 10.2. The van der Waals surface area contributed by atoms with Crippen LogP contribution in [0.2, 0.25) is 0 Å². The molecule has 2 saturated heterocycles. The van der Waals surface area contributed by atoms with Gasteiger partial charge >= 0.3 is 0 Å². The van der Waals surface area contributed by atoms with E-state index in [4.69, 9.17) is 4.99 Å². The number of guanidine groups is 1. The molecule has 2 atom stereocenters. The number of fused-ring (bicyclic) bond motifs is 2. The second-order valence-corrected chi connectivity index (χ2v) is 8.14. The molecule has 3 rings (SSSR count). The number of nitrogens with one attached hydrogen (secondary N) is 3. The number of phenolic OH excluding ortho intramolecular Hbond substituents is 1. The number of piperidine rings is 2. The largest absolute Gasteiger partial charge is 0.508 e. The average molecular weight is 529 g/mol. The molecule has 0 spiro atoms. The summed E-state index contributed by atoms with van der Waals surface area (Å²) >= 11 is 0. The molecule has 7 nitrogen and oxygen atoms in total. The normalized spacial score (nSPS) is 23.9. The molecule has 0 aromatic heterocycles. The van der Waals surface area contributed by atoms with Crippen LogP contribution < -0.4 is 16.0 Å². The fraction of sp³-hybridized carbons (Fsp3) is 0.636. The third kappa shape index (κ3) is 7.01. The van der Waals surface area contributed by atoms with Crippen molar-refractivity contribution in [2.45, 2.75) is 63.6 Å². The lowest BCUT2D eigenvalue weighted by atomic mass is 9.82. The summed E-state index contributed by atoms with van der Waals surface area (Å²) in [6.45, 7) is 4.11. The molecule has 2 aliphatic rings. The summed E-state index contributed by atoms with van der Waals surface area (Å²) in [5, 5.41) is 19.3. The first-order valence-electron chi connectivity index (χ1n) is 10.9. The number of hydrogen-bond donors (Lipinski definition) is 4. The van der Waals surface area contributed by atoms with Crippen LogP contribution in [0.15, 0.2) is 29.3 Å². The first-order valence-corrected chi connectivity index (χ1v) is 10.9. The smallest absolute Gasteiger partial charge is 0.251 e. The Morgan fingerprint density at radius 2 is 1.97 bits per heavy atom. The number of hydrogen-bond acceptors (Lipinski definition) is 4. The minimum Gasteiger partial charge on any atom is -0.508 e. The van der Waals surface area contributed by atoms with Crippen LogP contribution in [0.5, 0.6) is 5.75 Å². The number of phenols is 1. The molecule has 30 heavy (non-hydrogen) atoms. The predicted molar refractivity (Wildman–Crippen MR) is 132 cm³/mol. The van der Waals surface area contributed by atoms with Gasteiger partial charge in [-0.15, -0.1) is 24.0 Å². The summed E-state index contributed by atoms with van der Waals surface area (Å²) in [7, 11) is 2.27. The van der Waals surface area contributed by atoms with Gasteiger partial charge in [0.05, 0.1) is 0 Å². The van der Waals surface area contributed by atoms with Gasteiger partial charge in [0.1, 0.15) is 5.75 Å². The van der Waals surface area contributed by atoms with E-state index in [-0.39, 0.29) is 35.6 Å². The van der Waals surface area contributed by atoms with Crippen molar-refractivity contribution in [3.05, 3.63) is 29.8 Å². The Morgan fingerprint density at radius 1 is 1.23 bits per heavy atom. The van der Waals surface area contributed by atoms with E-state index in [0.29, 0.717) is 36.8 Å². The van der Waals surface area contributed by atoms with Gasteiger partial charge in [-0.05, 0) is 64.3 Å². The van der Waals surface area contributed by atoms with Gasteiger partial charge in [-0.2, -0.15) is 0 Å². The van der Waals surface area contributed by atoms with Gasteiger partial charge < -0.3 is 26.0 Å². The van der Waals surface area contributed by atoms with Crippen LogP contribution in [-0.4, -0.2) is 66.7 Å². The molecule has 4 N–H and O–H groups in total. The molecule has 0 radical (unpaired) electrons. The summed E-state index contributed by atoms with van der Waals surface area (Å²) in [5.41, 5.74) is 0.469. The highest BCUT2D eigenvalue weighted by molar-refractivity contribution is 14.0. The van der Waals surface area contributed by atoms with Crippen LogP contribution >= 0.6 is 24.0 Å². The van der Waals surface area contributed by atoms with Crippen molar-refractivity contribution >= 4 is 35.8 Å². The van der Waals surface area contributed by atoms with Gasteiger partial charge in [0, 0.05) is 43.3 Å². The van der Waals surface area contributed by atoms with E-state index >= 15 is 0 Å². The molecular weight excluding hydrogens is 493 g/mol. The van der Waals surface area contributed by atoms with Gasteiger partial charge in [-0.1, -0.05) is 12.5 Å². The number of carbonyl (C=O) groups excluding carboxylic acids is 1. The van der Waals surface area contributed by atoms with Gasteiger partial charge in [-0.3, -0.25) is 9.79 Å². The van der Waals surface area contributed by atoms with E-state index in [9.17, 15) is 9.90 Å². The minimum absolute atomic E-state index is 0. The van der Waals surface area contributed by atoms with Crippen molar-refractivity contribution in [3.8, 4) is 5.75 Å². The molecule has 168 valence electrons. The highest BCUT2D eigenvalue weighted by Gasteiger charge is 2.36. The standard InChI is InChI=1S/C22H35N5O2.HI/c1-3-23-22(26-17-14-18-8-5-9-19(15-17)27(18)2)25-12-6-11-24-21(29)16-7-4-10-20(28)13-16;/h4,7,10,13,17-19,28H,3,5-6,8-9,11-12,14-15H2,1-2H3,(H,24,29)(H2,23,25,26);1H. The van der Waals surface area contributed by atoms with Gasteiger partial charge in [0.2, 0.25) is 0 Å². The first kappa shape index (κ1) is 24.7. The second-order valence-electron chi connectivity index (χ2n) is 8.14. The molecule has 1 aromatic rings. The monoisotopic (exact) mass is 529 g/mol. The zero-order valence-corrected chi connectivity index (χ0v) is 20.4. The molecule has 2 bridgehead atoms. The summed E-state index contributed by atoms with van der Waals surface area (Å²) < 4.78 is 0. The Balaban J connectivity index is 0.00000320. The number of nitrogens with zero attached hydrogens (tertiary/aromatic N) is 2. The zero-order valence-electron chi connectivity index (χ0n) is 18.1. The number of carbonyl (C=O) groups is 1. The van der Waals surface area contributed by atoms with Crippen LogP contribution in [-0.2, 0) is 0 Å². The van der Waals surface area contributed by atoms with E-state index in [1.165, 1.54) is 38.2 Å². The Labute approximate surface area is 197 Å². The van der Waals surface area contributed by atoms with Crippen molar-refractivity contribution in [1.29, 1.82) is 0 Å². The number of rotatable bonds is 7. The van der Waals surface area contributed by atoms with Crippen molar-refractivity contribution in [2.75, 3.05) is 26.7 Å². The molecule has 2 fully saturated rings. The number of aliphatic imine (C=N–C) groups is 1. The van der Waals surface area contributed by atoms with E-state index in [1.807, 2.05) is 0 Å². The average Bonchev–Trinajstić information content (AvgIpc) is 2.68. The quantitative estimate of drug-likeness (QED) is 0.189. The van der Waals surface area contributed by atoms with E-state index in [0.717, 1.165) is 18.9 Å². The molecule has 2 aliphatic heterocycles. The fourth-order valence-corrected chi connectivity index (χ4v) is 4.47. The van der Waals surface area contributed by atoms with Crippen LogP contribution in [0.3, 0.4) is 0 Å². The van der Waals surface area contributed by atoms with Crippen LogP contribution in [0.1, 0.15) is 55.8 Å². The van der Waals surface area contributed by atoms with Gasteiger partial charge in [0.25, 0.3) is 5.91 Å². The van der Waals surface area contributed by atoms with E-state index in [2.05, 4.69) is 34.8 Å². The van der Waals surface area contributed by atoms with E-state index < -0.39 is 0 Å². The summed E-state index contributed by atoms with van der Waals surface area (Å²) in [6.07, 6.45) is 7.08. The van der Waals surface area contributed by atoms with Crippen molar-refractivity contribution in [1.82, 2.24) is 20.9 Å². The highest BCUT2D eigenvalue weighted by atomic mass is 127. The third-order valence-corrected chi connectivity index (χ3v) is 6.02. The van der Waals surface area contributed by atoms with Crippen LogP contribution in [0, 0.1) is 0 Å². The number of aromatic hydroxyl groups is 1. The maximum absolute atomic E-state index is 12.1. The summed E-state index contributed by atoms with van der Waals surface area (Å²) in [6, 6.07) is 8.24. The molecule has 8 heteroatoms. The fourth-order valence-electron chi connectivity index (χ4n) is 4.47. The number of amides is 1. The summed E-state index contributed by atoms with van der Waals surface area (Å²) in [4.78, 5) is 19.4. The molecule has 2 unspecified atom stereocenters. The zero-order chi connectivity index (χ0) is 20.6. The topological polar surface area (TPSA) is 89.0 Å². The minimum atomic E-state index is -0.173. The molecule has 1 amide bonds. The first-order chi connectivity index (χ1) is 14.1. The Hall–Kier alpha value is -1.55. The molecule has 0 aliphatic carbocycles. The van der Waals surface area contributed by atoms with E-state index in [1.54, 1.807) is 18.2 Å². The molecule has 0 saturated carbocycles. The lowest BCUT2D eigenvalue weighted by molar-refractivity contribution is 0.0526. The highest BCUT2D eigenvalue weighted by Crippen LogP contribution is 2.32. The Morgan fingerprint density at radius 3 is 2.63 bits per heavy atom. The van der Waals surface area contributed by atoms with Gasteiger partial charge in [0.15, 0.2) is 5.96 Å². The summed E-state index contributed by atoms with van der Waals surface area (Å²) in [5.74, 6) is 0.800. The molecule has 1 aromatic carbocycles. The van der Waals surface area contributed by atoms with Crippen molar-refractivity contribution in [2.24, 2.45) is 4.99 Å².